The zero-order valence-corrected chi connectivity index (χ0v) is 18.0. The molecule has 4 rings (SSSR count). The molecule has 1 aromatic heterocycles. The van der Waals surface area contributed by atoms with Crippen molar-refractivity contribution < 1.29 is 4.79 Å². The Hall–Kier alpha value is -2.51. The lowest BCUT2D eigenvalue weighted by Crippen LogP contribution is -2.36. The molecule has 7 heteroatoms. The lowest BCUT2D eigenvalue weighted by atomic mass is 10.0. The highest BCUT2D eigenvalue weighted by Gasteiger charge is 2.42. The molecule has 30 heavy (non-hydrogen) atoms. The molecule has 0 saturated carbocycles. The molecular weight excluding hydrogens is 378 g/mol. The fourth-order valence-corrected chi connectivity index (χ4v) is 4.94. The SMILES string of the molecule is Cc1nc(=O)n(C)c(C)c1C(=O)N1CC2CN(CC[C@H](N)c3ccccc3)CC2C1. The van der Waals surface area contributed by atoms with E-state index in [-0.39, 0.29) is 17.6 Å². The molecule has 0 radical (unpaired) electrons. The normalized spacial score (nSPS) is 22.3. The quantitative estimate of drug-likeness (QED) is 0.809. The zero-order chi connectivity index (χ0) is 21.4. The molecule has 3 heterocycles. The number of carbonyl (C=O) groups excluding carboxylic acids is 1. The van der Waals surface area contributed by atoms with Crippen LogP contribution in [0.4, 0.5) is 0 Å². The van der Waals surface area contributed by atoms with Crippen LogP contribution in [-0.4, -0.2) is 58.0 Å². The summed E-state index contributed by atoms with van der Waals surface area (Å²) in [4.78, 5) is 33.5. The van der Waals surface area contributed by atoms with Gasteiger partial charge in [0.15, 0.2) is 0 Å². The number of nitrogens with two attached hydrogens (primary N) is 1. The van der Waals surface area contributed by atoms with Crippen molar-refractivity contribution in [3.05, 3.63) is 63.3 Å². The summed E-state index contributed by atoms with van der Waals surface area (Å²) in [6.45, 7) is 8.12. The molecule has 2 unspecified atom stereocenters. The topological polar surface area (TPSA) is 84.5 Å². The number of fused-ring (bicyclic) bond motifs is 1. The Kier molecular flexibility index (Phi) is 5.75. The van der Waals surface area contributed by atoms with E-state index >= 15 is 0 Å². The largest absolute Gasteiger partial charge is 0.347 e. The summed E-state index contributed by atoms with van der Waals surface area (Å²) in [7, 11) is 1.66. The van der Waals surface area contributed by atoms with Crippen LogP contribution in [-0.2, 0) is 7.05 Å². The van der Waals surface area contributed by atoms with Crippen molar-refractivity contribution in [3.63, 3.8) is 0 Å². The Labute approximate surface area is 177 Å². The molecule has 1 amide bonds. The highest BCUT2D eigenvalue weighted by atomic mass is 16.2. The number of amides is 1. The number of nitrogens with zero attached hydrogens (tertiary/aromatic N) is 4. The third kappa shape index (κ3) is 3.91. The third-order valence-electron chi connectivity index (χ3n) is 6.82. The fraction of sp³-hybridized carbons (Fsp3) is 0.522. The van der Waals surface area contributed by atoms with Crippen LogP contribution in [0, 0.1) is 25.7 Å². The van der Waals surface area contributed by atoms with Gasteiger partial charge in [-0.05, 0) is 44.2 Å². The van der Waals surface area contributed by atoms with Crippen LogP contribution in [0.1, 0.15) is 39.8 Å². The first-order valence-electron chi connectivity index (χ1n) is 10.7. The van der Waals surface area contributed by atoms with E-state index in [0.717, 1.165) is 39.1 Å². The van der Waals surface area contributed by atoms with Gasteiger partial charge in [-0.1, -0.05) is 30.3 Å². The van der Waals surface area contributed by atoms with Crippen molar-refractivity contribution in [2.24, 2.45) is 24.6 Å². The molecule has 0 aliphatic carbocycles. The van der Waals surface area contributed by atoms with Gasteiger partial charge in [0.2, 0.25) is 0 Å². The highest BCUT2D eigenvalue weighted by molar-refractivity contribution is 5.96. The summed E-state index contributed by atoms with van der Waals surface area (Å²) in [5.74, 6) is 1.01. The van der Waals surface area contributed by atoms with Crippen LogP contribution < -0.4 is 11.4 Å². The zero-order valence-electron chi connectivity index (χ0n) is 18.0. The van der Waals surface area contributed by atoms with Gasteiger partial charge in [-0.3, -0.25) is 9.36 Å². The Morgan fingerprint density at radius 2 is 1.77 bits per heavy atom. The second kappa shape index (κ2) is 8.32. The maximum absolute atomic E-state index is 13.2. The standard InChI is InChI=1S/C23H31N5O2/c1-15-21(16(2)26(3)23(30)25-15)22(29)28-13-18-11-27(12-19(18)14-28)10-9-20(24)17-7-5-4-6-8-17/h4-8,18-20H,9-14,24H2,1-3H3/t18?,19?,20-/m0/s1. The number of carbonyl (C=O) groups is 1. The van der Waals surface area contributed by atoms with Crippen molar-refractivity contribution in [3.8, 4) is 0 Å². The van der Waals surface area contributed by atoms with Gasteiger partial charge in [0.25, 0.3) is 5.91 Å². The fourth-order valence-electron chi connectivity index (χ4n) is 4.94. The van der Waals surface area contributed by atoms with E-state index in [0.29, 0.717) is 28.8 Å². The average Bonchev–Trinajstić information content (AvgIpc) is 3.30. The van der Waals surface area contributed by atoms with Crippen LogP contribution in [0.15, 0.2) is 35.1 Å². The Balaban J connectivity index is 1.34. The summed E-state index contributed by atoms with van der Waals surface area (Å²) >= 11 is 0. The summed E-state index contributed by atoms with van der Waals surface area (Å²) in [5.41, 5.74) is 9.01. The predicted molar refractivity (Wildman–Crippen MR) is 116 cm³/mol. The molecule has 0 bridgehead atoms. The molecule has 2 saturated heterocycles. The molecule has 2 aromatic rings. The Morgan fingerprint density at radius 3 is 2.40 bits per heavy atom. The van der Waals surface area contributed by atoms with Crippen molar-refractivity contribution in [1.82, 2.24) is 19.4 Å². The molecule has 2 aliphatic rings. The maximum Gasteiger partial charge on any atom is 0.347 e. The van der Waals surface area contributed by atoms with E-state index in [2.05, 4.69) is 22.0 Å². The van der Waals surface area contributed by atoms with Gasteiger partial charge in [0.05, 0.1) is 11.3 Å². The minimum Gasteiger partial charge on any atom is -0.338 e. The minimum absolute atomic E-state index is 0.000139. The number of aryl methyl sites for hydroxylation is 1. The number of benzene rings is 1. The molecule has 3 atom stereocenters. The van der Waals surface area contributed by atoms with Crippen LogP contribution >= 0.6 is 0 Å². The summed E-state index contributed by atoms with van der Waals surface area (Å²) < 4.78 is 1.45. The van der Waals surface area contributed by atoms with E-state index in [9.17, 15) is 9.59 Å². The van der Waals surface area contributed by atoms with E-state index in [1.54, 1.807) is 14.0 Å². The molecular formula is C23H31N5O2. The molecule has 2 aliphatic heterocycles. The van der Waals surface area contributed by atoms with Gasteiger partial charge in [-0.15, -0.1) is 0 Å². The summed E-state index contributed by atoms with van der Waals surface area (Å²) in [5, 5.41) is 0. The van der Waals surface area contributed by atoms with E-state index in [4.69, 9.17) is 5.73 Å². The Morgan fingerprint density at radius 1 is 1.13 bits per heavy atom. The average molecular weight is 410 g/mol. The van der Waals surface area contributed by atoms with Crippen molar-refractivity contribution >= 4 is 5.91 Å². The number of hydrogen-bond acceptors (Lipinski definition) is 5. The first kappa shape index (κ1) is 20.8. The predicted octanol–water partition coefficient (Wildman–Crippen LogP) is 1.49. The van der Waals surface area contributed by atoms with Crippen LogP contribution in [0.25, 0.3) is 0 Å². The number of aromatic nitrogens is 2. The number of hydrogen-bond donors (Lipinski definition) is 1. The number of rotatable bonds is 5. The Bertz CT molecular complexity index is 973. The second-order valence-electron chi connectivity index (χ2n) is 8.79. The van der Waals surface area contributed by atoms with Gasteiger partial charge in [0.1, 0.15) is 0 Å². The number of likely N-dealkylation sites (tertiary alicyclic amines) is 2. The van der Waals surface area contributed by atoms with Crippen molar-refractivity contribution in [2.45, 2.75) is 26.3 Å². The van der Waals surface area contributed by atoms with Gasteiger partial charge in [-0.25, -0.2) is 4.79 Å². The smallest absolute Gasteiger partial charge is 0.338 e. The lowest BCUT2D eigenvalue weighted by Gasteiger charge is -2.24. The van der Waals surface area contributed by atoms with E-state index < -0.39 is 0 Å². The van der Waals surface area contributed by atoms with Gasteiger partial charge in [0, 0.05) is 45.0 Å². The molecule has 2 fully saturated rings. The van der Waals surface area contributed by atoms with Crippen LogP contribution in [0.2, 0.25) is 0 Å². The lowest BCUT2D eigenvalue weighted by molar-refractivity contribution is 0.0770. The van der Waals surface area contributed by atoms with Gasteiger partial charge in [-0.2, -0.15) is 4.98 Å². The summed E-state index contributed by atoms with van der Waals surface area (Å²) in [6.07, 6.45) is 0.939. The minimum atomic E-state index is -0.316. The first-order valence-corrected chi connectivity index (χ1v) is 10.7. The van der Waals surface area contributed by atoms with Gasteiger partial charge >= 0.3 is 5.69 Å². The first-order chi connectivity index (χ1) is 14.3. The van der Waals surface area contributed by atoms with E-state index in [1.165, 1.54) is 10.1 Å². The van der Waals surface area contributed by atoms with Crippen LogP contribution in [0.5, 0.6) is 0 Å². The molecule has 0 spiro atoms. The van der Waals surface area contributed by atoms with Gasteiger partial charge < -0.3 is 15.5 Å². The van der Waals surface area contributed by atoms with Crippen molar-refractivity contribution in [2.75, 3.05) is 32.7 Å². The second-order valence-corrected chi connectivity index (χ2v) is 8.79. The van der Waals surface area contributed by atoms with Crippen molar-refractivity contribution in [1.29, 1.82) is 0 Å². The highest BCUT2D eigenvalue weighted by Crippen LogP contribution is 2.32. The molecule has 1 aromatic carbocycles. The van der Waals surface area contributed by atoms with Crippen LogP contribution in [0.3, 0.4) is 0 Å². The summed E-state index contributed by atoms with van der Waals surface area (Å²) in [6, 6.07) is 10.3. The molecule has 2 N–H and O–H groups in total. The monoisotopic (exact) mass is 409 g/mol. The van der Waals surface area contributed by atoms with E-state index in [1.807, 2.05) is 30.0 Å². The third-order valence-corrected chi connectivity index (χ3v) is 6.82. The maximum atomic E-state index is 13.2. The molecule has 7 nitrogen and oxygen atoms in total. The molecule has 160 valence electrons.